The second kappa shape index (κ2) is 4.01. The van der Waals surface area contributed by atoms with Crippen LogP contribution in [0.4, 0.5) is 0 Å². The SMILES string of the molecule is Clc1sc(C(Br)C2C3CCCC32)cc1Br. The van der Waals surface area contributed by atoms with Gasteiger partial charge in [-0.15, -0.1) is 11.3 Å². The lowest BCUT2D eigenvalue weighted by Crippen LogP contribution is -1.95. The first-order chi connectivity index (χ1) is 7.18. The van der Waals surface area contributed by atoms with E-state index in [1.54, 1.807) is 11.3 Å². The average molecular weight is 371 g/mol. The largest absolute Gasteiger partial charge is 0.126 e. The summed E-state index contributed by atoms with van der Waals surface area (Å²) in [6, 6.07) is 2.17. The summed E-state index contributed by atoms with van der Waals surface area (Å²) in [5.74, 6) is 2.86. The van der Waals surface area contributed by atoms with Crippen molar-refractivity contribution in [3.63, 3.8) is 0 Å². The van der Waals surface area contributed by atoms with Crippen LogP contribution in [0.25, 0.3) is 0 Å². The smallest absolute Gasteiger partial charge is 0.107 e. The van der Waals surface area contributed by atoms with Crippen LogP contribution in [0.1, 0.15) is 29.0 Å². The van der Waals surface area contributed by atoms with Crippen LogP contribution in [0.15, 0.2) is 10.5 Å². The molecule has 3 atom stereocenters. The highest BCUT2D eigenvalue weighted by Crippen LogP contribution is 2.65. The second-order valence-electron chi connectivity index (χ2n) is 4.51. The van der Waals surface area contributed by atoms with Gasteiger partial charge in [0.1, 0.15) is 4.34 Å². The highest BCUT2D eigenvalue weighted by molar-refractivity contribution is 9.10. The molecular weight excluding hydrogens is 359 g/mol. The third-order valence-electron chi connectivity index (χ3n) is 3.75. The summed E-state index contributed by atoms with van der Waals surface area (Å²) >= 11 is 15.1. The Morgan fingerprint density at radius 3 is 2.60 bits per heavy atom. The average Bonchev–Trinajstić information content (AvgIpc) is 2.59. The molecule has 0 aliphatic heterocycles. The lowest BCUT2D eigenvalue weighted by molar-refractivity contribution is 0.586. The molecule has 4 heteroatoms. The fourth-order valence-electron chi connectivity index (χ4n) is 3.00. The van der Waals surface area contributed by atoms with Crippen LogP contribution in [0, 0.1) is 17.8 Å². The topological polar surface area (TPSA) is 0 Å². The van der Waals surface area contributed by atoms with Crippen LogP contribution < -0.4 is 0 Å². The Bertz CT molecular complexity index is 360. The van der Waals surface area contributed by atoms with Gasteiger partial charge in [-0.25, -0.2) is 0 Å². The van der Waals surface area contributed by atoms with Gasteiger partial charge in [-0.2, -0.15) is 0 Å². The molecule has 82 valence electrons. The molecule has 1 aromatic heterocycles. The number of thiophene rings is 1. The maximum Gasteiger partial charge on any atom is 0.107 e. The Morgan fingerprint density at radius 1 is 1.40 bits per heavy atom. The van der Waals surface area contributed by atoms with Gasteiger partial charge >= 0.3 is 0 Å². The monoisotopic (exact) mass is 368 g/mol. The third kappa shape index (κ3) is 1.84. The zero-order valence-corrected chi connectivity index (χ0v) is 12.8. The van der Waals surface area contributed by atoms with Crippen LogP contribution >= 0.6 is 54.8 Å². The van der Waals surface area contributed by atoms with Crippen molar-refractivity contribution in [1.82, 2.24) is 0 Å². The molecule has 0 radical (unpaired) electrons. The molecule has 15 heavy (non-hydrogen) atoms. The number of halogens is 3. The summed E-state index contributed by atoms with van der Waals surface area (Å²) in [6.07, 6.45) is 4.33. The maximum absolute atomic E-state index is 6.07. The zero-order chi connectivity index (χ0) is 10.6. The molecule has 0 bridgehead atoms. The maximum atomic E-state index is 6.07. The molecule has 3 rings (SSSR count). The van der Waals surface area contributed by atoms with E-state index in [2.05, 4.69) is 37.9 Å². The molecule has 0 amide bonds. The molecule has 2 fully saturated rings. The molecular formula is C11H11Br2ClS. The predicted molar refractivity (Wildman–Crippen MR) is 73.0 cm³/mol. The van der Waals surface area contributed by atoms with E-state index in [-0.39, 0.29) is 0 Å². The highest BCUT2D eigenvalue weighted by Gasteiger charge is 2.55. The minimum absolute atomic E-state index is 0.529. The molecule has 2 saturated carbocycles. The molecule has 0 aromatic carbocycles. The Kier molecular flexibility index (Phi) is 2.95. The van der Waals surface area contributed by atoms with E-state index in [4.69, 9.17) is 11.6 Å². The molecule has 0 saturated heterocycles. The minimum atomic E-state index is 0.529. The van der Waals surface area contributed by atoms with Crippen molar-refractivity contribution >= 4 is 54.8 Å². The Morgan fingerprint density at radius 2 is 2.07 bits per heavy atom. The summed E-state index contributed by atoms with van der Waals surface area (Å²) in [4.78, 5) is 1.91. The molecule has 2 aliphatic rings. The van der Waals surface area contributed by atoms with Gasteiger partial charge < -0.3 is 0 Å². The van der Waals surface area contributed by atoms with Crippen molar-refractivity contribution in [3.8, 4) is 0 Å². The van der Waals surface area contributed by atoms with E-state index in [0.717, 1.165) is 26.6 Å². The van der Waals surface area contributed by atoms with E-state index in [9.17, 15) is 0 Å². The van der Waals surface area contributed by atoms with Crippen molar-refractivity contribution in [2.45, 2.75) is 24.1 Å². The van der Waals surface area contributed by atoms with Crippen molar-refractivity contribution in [2.75, 3.05) is 0 Å². The van der Waals surface area contributed by atoms with E-state index in [0.29, 0.717) is 4.83 Å². The molecule has 0 nitrogen and oxygen atoms in total. The first-order valence-corrected chi connectivity index (χ1v) is 8.17. The number of rotatable bonds is 2. The summed E-state index contributed by atoms with van der Waals surface area (Å²) in [5, 5.41) is 0. The van der Waals surface area contributed by atoms with Gasteiger partial charge in [0.25, 0.3) is 0 Å². The minimum Gasteiger partial charge on any atom is -0.126 e. The summed E-state index contributed by atoms with van der Waals surface area (Å²) in [5.41, 5.74) is 0. The molecule has 0 N–H and O–H groups in total. The first-order valence-electron chi connectivity index (χ1n) is 5.27. The fraction of sp³-hybridized carbons (Fsp3) is 0.636. The van der Waals surface area contributed by atoms with Crippen LogP contribution in [-0.4, -0.2) is 0 Å². The van der Waals surface area contributed by atoms with Gasteiger partial charge in [-0.1, -0.05) is 34.0 Å². The third-order valence-corrected chi connectivity index (χ3v) is 7.71. The number of alkyl halides is 1. The molecule has 1 aromatic rings. The number of fused-ring (bicyclic) bond motifs is 1. The van der Waals surface area contributed by atoms with Crippen molar-refractivity contribution in [2.24, 2.45) is 17.8 Å². The van der Waals surface area contributed by atoms with Gasteiger partial charge in [0, 0.05) is 9.35 Å². The number of hydrogen-bond donors (Lipinski definition) is 0. The van der Waals surface area contributed by atoms with Gasteiger partial charge in [0.15, 0.2) is 0 Å². The van der Waals surface area contributed by atoms with Gasteiger partial charge in [-0.3, -0.25) is 0 Å². The van der Waals surface area contributed by atoms with E-state index < -0.39 is 0 Å². The van der Waals surface area contributed by atoms with Crippen LogP contribution in [0.5, 0.6) is 0 Å². The van der Waals surface area contributed by atoms with E-state index >= 15 is 0 Å². The number of hydrogen-bond acceptors (Lipinski definition) is 1. The van der Waals surface area contributed by atoms with Crippen LogP contribution in [0.2, 0.25) is 4.34 Å². The van der Waals surface area contributed by atoms with Gasteiger partial charge in [-0.05, 0) is 52.6 Å². The van der Waals surface area contributed by atoms with Crippen LogP contribution in [-0.2, 0) is 0 Å². The summed E-state index contributed by atoms with van der Waals surface area (Å²) in [6.45, 7) is 0. The highest BCUT2D eigenvalue weighted by atomic mass is 79.9. The van der Waals surface area contributed by atoms with Crippen molar-refractivity contribution in [1.29, 1.82) is 0 Å². The van der Waals surface area contributed by atoms with Crippen molar-refractivity contribution < 1.29 is 0 Å². The fourth-order valence-corrected chi connectivity index (χ4v) is 5.97. The Labute approximate surface area is 116 Å². The molecule has 1 heterocycles. The predicted octanol–water partition coefficient (Wildman–Crippen LogP) is 5.65. The second-order valence-corrected chi connectivity index (χ2v) is 8.03. The summed E-state index contributed by atoms with van der Waals surface area (Å²) in [7, 11) is 0. The molecule has 0 spiro atoms. The van der Waals surface area contributed by atoms with E-state index in [1.165, 1.54) is 24.1 Å². The normalized spacial score (nSPS) is 35.3. The lowest BCUT2D eigenvalue weighted by atomic mass is 10.1. The first kappa shape index (κ1) is 11.1. The Hall–Kier alpha value is 0.950. The lowest BCUT2D eigenvalue weighted by Gasteiger charge is -2.09. The summed E-state index contributed by atoms with van der Waals surface area (Å²) < 4.78 is 1.92. The quantitative estimate of drug-likeness (QED) is 0.591. The molecule has 3 unspecified atom stereocenters. The standard InChI is InChI=1S/C11H11Br2ClS/c12-7-4-8(15-11(7)14)10(13)9-5-2-1-3-6(5)9/h4-6,9-10H,1-3H2. The van der Waals surface area contributed by atoms with Crippen LogP contribution in [0.3, 0.4) is 0 Å². The van der Waals surface area contributed by atoms with Gasteiger partial charge in [0.2, 0.25) is 0 Å². The van der Waals surface area contributed by atoms with Gasteiger partial charge in [0.05, 0.1) is 4.83 Å². The van der Waals surface area contributed by atoms with E-state index in [1.807, 2.05) is 0 Å². The zero-order valence-electron chi connectivity index (χ0n) is 8.05. The molecule has 2 aliphatic carbocycles. The Balaban J connectivity index is 1.77. The van der Waals surface area contributed by atoms with Crippen molar-refractivity contribution in [3.05, 3.63) is 19.8 Å².